The van der Waals surface area contributed by atoms with Crippen molar-refractivity contribution in [3.8, 4) is 16.9 Å². The quantitative estimate of drug-likeness (QED) is 0.321. The van der Waals surface area contributed by atoms with Gasteiger partial charge in [0.2, 0.25) is 0 Å². The number of aliphatic hydroxyl groups excluding tert-OH is 1. The van der Waals surface area contributed by atoms with Gasteiger partial charge in [-0.25, -0.2) is 14.8 Å². The maximum atomic E-state index is 12.7. The monoisotopic (exact) mass is 532 g/mol. The van der Waals surface area contributed by atoms with Crippen LogP contribution < -0.4 is 10.2 Å². The van der Waals surface area contributed by atoms with Crippen molar-refractivity contribution >= 4 is 17.6 Å². The largest absolute Gasteiger partial charge is 0.504 e. The first-order valence-electron chi connectivity index (χ1n) is 13.4. The highest BCUT2D eigenvalue weighted by Gasteiger charge is 2.25. The van der Waals surface area contributed by atoms with Crippen molar-refractivity contribution in [3.05, 3.63) is 71.3 Å². The molecule has 1 aromatic heterocycles. The van der Waals surface area contributed by atoms with Crippen LogP contribution in [-0.4, -0.2) is 56.3 Å². The summed E-state index contributed by atoms with van der Waals surface area (Å²) < 4.78 is 0. The van der Waals surface area contributed by atoms with Crippen molar-refractivity contribution in [2.75, 3.05) is 18.0 Å². The first-order chi connectivity index (χ1) is 18.7. The van der Waals surface area contributed by atoms with E-state index in [-0.39, 0.29) is 17.9 Å². The van der Waals surface area contributed by atoms with Crippen LogP contribution >= 0.6 is 0 Å². The normalized spacial score (nSPS) is 15.5. The fraction of sp³-hybridized carbons (Fsp3) is 0.400. The maximum absolute atomic E-state index is 12.7. The Morgan fingerprint density at radius 3 is 2.15 bits per heavy atom. The summed E-state index contributed by atoms with van der Waals surface area (Å²) in [7, 11) is 0. The molecule has 1 saturated heterocycles. The topological polar surface area (TPSA) is 136 Å². The molecule has 0 bridgehead atoms. The van der Waals surface area contributed by atoms with Gasteiger partial charge in [-0.3, -0.25) is 4.79 Å². The zero-order valence-corrected chi connectivity index (χ0v) is 22.6. The zero-order chi connectivity index (χ0) is 28.1. The summed E-state index contributed by atoms with van der Waals surface area (Å²) in [5, 5.41) is 31.7. The molecule has 2 atom stereocenters. The number of rotatable bonds is 9. The summed E-state index contributed by atoms with van der Waals surface area (Å²) in [6.07, 6.45) is 2.19. The highest BCUT2D eigenvalue weighted by atomic mass is 16.4. The molecule has 0 saturated carbocycles. The van der Waals surface area contributed by atoms with E-state index in [0.717, 1.165) is 48.3 Å². The van der Waals surface area contributed by atoms with Gasteiger partial charge in [0.05, 0.1) is 11.8 Å². The highest BCUT2D eigenvalue weighted by Crippen LogP contribution is 2.29. The number of carboxylic acid groups (broad SMARTS) is 1. The van der Waals surface area contributed by atoms with Crippen molar-refractivity contribution in [2.24, 2.45) is 5.92 Å². The van der Waals surface area contributed by atoms with Gasteiger partial charge < -0.3 is 25.5 Å². The number of nitrogens with one attached hydrogen (secondary N) is 1. The smallest absolute Gasteiger partial charge is 0.326 e. The minimum atomic E-state index is -1.14. The van der Waals surface area contributed by atoms with Crippen LogP contribution in [0.25, 0.3) is 11.1 Å². The van der Waals surface area contributed by atoms with E-state index in [4.69, 9.17) is 0 Å². The molecule has 206 valence electrons. The van der Waals surface area contributed by atoms with Gasteiger partial charge in [-0.05, 0) is 67.9 Å². The average molecular weight is 533 g/mol. The van der Waals surface area contributed by atoms with Gasteiger partial charge >= 0.3 is 5.97 Å². The molecule has 0 spiro atoms. The van der Waals surface area contributed by atoms with Crippen molar-refractivity contribution < 1.29 is 24.9 Å². The number of hydrogen-bond donors (Lipinski definition) is 4. The lowest BCUT2D eigenvalue weighted by atomic mass is 9.92. The first kappa shape index (κ1) is 28.0. The number of piperidine rings is 1. The zero-order valence-electron chi connectivity index (χ0n) is 22.6. The SMILES string of the molecule is CCC(NC(=O)c1nc(CC2CCN(c3ccc(-c4ccc(C(C)O)cc4)cc3)CC2)nc(C)c1O)C(=O)O. The minimum Gasteiger partial charge on any atom is -0.504 e. The molecular formula is C30H36N4O5. The van der Waals surface area contributed by atoms with Gasteiger partial charge in [0.1, 0.15) is 11.9 Å². The molecule has 0 radical (unpaired) electrons. The molecule has 2 unspecified atom stereocenters. The summed E-state index contributed by atoms with van der Waals surface area (Å²) in [6, 6.07) is 15.4. The molecule has 1 amide bonds. The molecule has 0 aliphatic carbocycles. The van der Waals surface area contributed by atoms with Crippen LogP contribution in [0.2, 0.25) is 0 Å². The average Bonchev–Trinajstić information content (AvgIpc) is 2.94. The van der Waals surface area contributed by atoms with E-state index in [2.05, 4.69) is 44.5 Å². The van der Waals surface area contributed by atoms with Crippen molar-refractivity contribution in [1.82, 2.24) is 15.3 Å². The fourth-order valence-corrected chi connectivity index (χ4v) is 4.91. The Kier molecular flexibility index (Phi) is 8.81. The fourth-order valence-electron chi connectivity index (χ4n) is 4.91. The maximum Gasteiger partial charge on any atom is 0.326 e. The summed E-state index contributed by atoms with van der Waals surface area (Å²) in [5.41, 5.74) is 4.40. The minimum absolute atomic E-state index is 0.185. The van der Waals surface area contributed by atoms with Gasteiger partial charge in [-0.15, -0.1) is 0 Å². The Labute approximate surface area is 228 Å². The predicted molar refractivity (Wildman–Crippen MR) is 149 cm³/mol. The molecule has 39 heavy (non-hydrogen) atoms. The third-order valence-corrected chi connectivity index (χ3v) is 7.38. The summed E-state index contributed by atoms with van der Waals surface area (Å²) in [6.45, 7) is 6.80. The van der Waals surface area contributed by atoms with Crippen molar-refractivity contribution in [1.29, 1.82) is 0 Å². The van der Waals surface area contributed by atoms with E-state index in [9.17, 15) is 24.9 Å². The van der Waals surface area contributed by atoms with E-state index < -0.39 is 24.0 Å². The third-order valence-electron chi connectivity index (χ3n) is 7.38. The molecule has 9 heteroatoms. The van der Waals surface area contributed by atoms with Gasteiger partial charge in [0.15, 0.2) is 11.4 Å². The number of carboxylic acids is 1. The lowest BCUT2D eigenvalue weighted by Gasteiger charge is -2.33. The third kappa shape index (κ3) is 6.72. The van der Waals surface area contributed by atoms with Gasteiger partial charge in [0.25, 0.3) is 5.91 Å². The molecule has 2 heterocycles. The summed E-state index contributed by atoms with van der Waals surface area (Å²) in [5.74, 6) is -1.37. The Balaban J connectivity index is 1.36. The Bertz CT molecular complexity index is 1300. The van der Waals surface area contributed by atoms with Crippen molar-refractivity contribution in [3.63, 3.8) is 0 Å². The number of aliphatic carboxylic acids is 1. The van der Waals surface area contributed by atoms with E-state index in [1.54, 1.807) is 20.8 Å². The van der Waals surface area contributed by atoms with Crippen LogP contribution in [-0.2, 0) is 11.2 Å². The number of amides is 1. The second kappa shape index (κ2) is 12.3. The molecule has 1 fully saturated rings. The van der Waals surface area contributed by atoms with Gasteiger partial charge in [-0.2, -0.15) is 0 Å². The van der Waals surface area contributed by atoms with E-state index in [0.29, 0.717) is 23.9 Å². The number of carbonyl (C=O) groups is 2. The first-order valence-corrected chi connectivity index (χ1v) is 13.4. The molecule has 9 nitrogen and oxygen atoms in total. The number of anilines is 1. The number of aliphatic hydroxyl groups is 1. The molecular weight excluding hydrogens is 496 g/mol. The van der Waals surface area contributed by atoms with Crippen LogP contribution in [0, 0.1) is 12.8 Å². The van der Waals surface area contributed by atoms with Crippen LogP contribution in [0.4, 0.5) is 5.69 Å². The standard InChI is InChI=1S/C30H36N4O5/c1-4-25(30(38)39)32-29(37)27-28(36)18(2)31-26(33-27)17-20-13-15-34(16-14-20)24-11-9-23(10-12-24)22-7-5-21(6-8-22)19(3)35/h5-12,19-20,25,35-36H,4,13-17H2,1-3H3,(H,32,37)(H,38,39). The number of aryl methyl sites for hydroxylation is 1. The Morgan fingerprint density at radius 2 is 1.62 bits per heavy atom. The number of benzene rings is 2. The lowest BCUT2D eigenvalue weighted by Crippen LogP contribution is -2.40. The second-order valence-corrected chi connectivity index (χ2v) is 10.2. The molecule has 4 rings (SSSR count). The molecule has 1 aliphatic heterocycles. The van der Waals surface area contributed by atoms with E-state index >= 15 is 0 Å². The van der Waals surface area contributed by atoms with Crippen molar-refractivity contribution in [2.45, 2.75) is 58.6 Å². The number of aromatic hydroxyl groups is 1. The second-order valence-electron chi connectivity index (χ2n) is 10.2. The number of carbonyl (C=O) groups excluding carboxylic acids is 1. The van der Waals surface area contributed by atoms with E-state index in [1.807, 2.05) is 24.3 Å². The molecule has 3 aromatic rings. The van der Waals surface area contributed by atoms with E-state index in [1.165, 1.54) is 0 Å². The Hall–Kier alpha value is -3.98. The Morgan fingerprint density at radius 1 is 1.03 bits per heavy atom. The van der Waals surface area contributed by atoms with Gasteiger partial charge in [0, 0.05) is 25.2 Å². The summed E-state index contributed by atoms with van der Waals surface area (Å²) in [4.78, 5) is 35.0. The molecule has 2 aromatic carbocycles. The summed E-state index contributed by atoms with van der Waals surface area (Å²) >= 11 is 0. The number of hydrogen-bond acceptors (Lipinski definition) is 7. The predicted octanol–water partition coefficient (Wildman–Crippen LogP) is 4.26. The molecule has 4 N–H and O–H groups in total. The van der Waals surface area contributed by atoms with Crippen LogP contribution in [0.1, 0.15) is 66.8 Å². The number of aromatic nitrogens is 2. The van der Waals surface area contributed by atoms with Crippen LogP contribution in [0.3, 0.4) is 0 Å². The lowest BCUT2D eigenvalue weighted by molar-refractivity contribution is -0.139. The van der Waals surface area contributed by atoms with Gasteiger partial charge in [-0.1, -0.05) is 43.3 Å². The van der Waals surface area contributed by atoms with Crippen LogP contribution in [0.15, 0.2) is 48.5 Å². The number of nitrogens with zero attached hydrogens (tertiary/aromatic N) is 3. The van der Waals surface area contributed by atoms with Crippen LogP contribution in [0.5, 0.6) is 5.75 Å². The molecule has 1 aliphatic rings. The highest BCUT2D eigenvalue weighted by molar-refractivity contribution is 5.97.